The van der Waals surface area contributed by atoms with Gasteiger partial charge in [0.2, 0.25) is 0 Å². The van der Waals surface area contributed by atoms with Crippen molar-refractivity contribution in [2.45, 2.75) is 20.8 Å². The molecule has 1 aliphatic heterocycles. The van der Waals surface area contributed by atoms with Gasteiger partial charge in [0.05, 0.1) is 23.6 Å². The number of carbonyl (C=O) groups is 2. The molecule has 1 aliphatic rings. The van der Waals surface area contributed by atoms with E-state index in [1.165, 1.54) is 0 Å². The van der Waals surface area contributed by atoms with Crippen LogP contribution in [0.25, 0.3) is 11.8 Å². The first kappa shape index (κ1) is 21.3. The highest BCUT2D eigenvalue weighted by Gasteiger charge is 2.31. The third-order valence-corrected chi connectivity index (χ3v) is 5.39. The molecular weight excluding hydrogens is 398 g/mol. The monoisotopic (exact) mass is 423 g/mol. The first-order valence-electron chi connectivity index (χ1n) is 10.7. The maximum absolute atomic E-state index is 13.5. The van der Waals surface area contributed by atoms with E-state index in [0.717, 1.165) is 33.6 Å². The minimum atomic E-state index is -0.351. The fraction of sp³-hybridized carbons (Fsp3) is 0.143. The lowest BCUT2D eigenvalue weighted by atomic mass is 10.1. The number of rotatable bonds is 5. The van der Waals surface area contributed by atoms with E-state index in [1.54, 1.807) is 24.0 Å². The number of esters is 1. The minimum absolute atomic E-state index is 0.0784. The summed E-state index contributed by atoms with van der Waals surface area (Å²) in [7, 11) is 0. The van der Waals surface area contributed by atoms with Crippen LogP contribution in [-0.2, 0) is 9.53 Å². The molecule has 0 fully saturated rings. The third kappa shape index (κ3) is 4.26. The Morgan fingerprint density at radius 2 is 1.69 bits per heavy atom. The van der Waals surface area contributed by atoms with Crippen LogP contribution in [0.4, 0.5) is 5.69 Å². The predicted octanol–water partition coefficient (Wildman–Crippen LogP) is 5.95. The Hall–Kier alpha value is -3.92. The van der Waals surface area contributed by atoms with E-state index in [1.807, 2.05) is 80.6 Å². The summed E-state index contributed by atoms with van der Waals surface area (Å²) in [6, 6.07) is 23.1. The van der Waals surface area contributed by atoms with Crippen LogP contribution < -0.4 is 4.90 Å². The van der Waals surface area contributed by atoms with Crippen molar-refractivity contribution in [1.29, 1.82) is 0 Å². The normalized spacial score (nSPS) is 14.6. The molecule has 0 radical (unpaired) electrons. The summed E-state index contributed by atoms with van der Waals surface area (Å²) < 4.78 is 5.04. The molecule has 0 spiro atoms. The molecule has 3 aromatic carbocycles. The Kier molecular flexibility index (Phi) is 6.04. The van der Waals surface area contributed by atoms with Crippen LogP contribution in [0.1, 0.15) is 39.5 Å². The Morgan fingerprint density at radius 1 is 0.969 bits per heavy atom. The first-order valence-corrected chi connectivity index (χ1v) is 10.7. The van der Waals surface area contributed by atoms with Gasteiger partial charge in [-0.05, 0) is 67.8 Å². The van der Waals surface area contributed by atoms with Gasteiger partial charge in [-0.15, -0.1) is 0 Å². The molecule has 0 saturated heterocycles. The maximum Gasteiger partial charge on any atom is 0.338 e. The van der Waals surface area contributed by atoms with Crippen molar-refractivity contribution in [3.8, 4) is 0 Å². The van der Waals surface area contributed by atoms with Gasteiger partial charge in [-0.25, -0.2) is 4.79 Å². The summed E-state index contributed by atoms with van der Waals surface area (Å²) in [6.45, 7) is 6.18. The number of hydrogen-bond acceptors (Lipinski definition) is 3. The number of anilines is 1. The van der Waals surface area contributed by atoms with Crippen molar-refractivity contribution < 1.29 is 14.3 Å². The molecule has 0 aromatic heterocycles. The molecule has 0 aliphatic carbocycles. The van der Waals surface area contributed by atoms with Crippen molar-refractivity contribution in [3.05, 3.63) is 112 Å². The van der Waals surface area contributed by atoms with Crippen LogP contribution in [0.2, 0.25) is 0 Å². The average molecular weight is 424 g/mol. The average Bonchev–Trinajstić information content (AvgIpc) is 3.11. The van der Waals surface area contributed by atoms with Crippen molar-refractivity contribution in [3.63, 3.8) is 0 Å². The number of hydrogen-bond donors (Lipinski definition) is 0. The van der Waals surface area contributed by atoms with Gasteiger partial charge in [0.1, 0.15) is 0 Å². The van der Waals surface area contributed by atoms with Gasteiger partial charge < -0.3 is 4.74 Å². The molecule has 0 unspecified atom stereocenters. The second-order valence-corrected chi connectivity index (χ2v) is 7.77. The molecule has 0 saturated carbocycles. The summed E-state index contributed by atoms with van der Waals surface area (Å²) in [4.78, 5) is 27.2. The van der Waals surface area contributed by atoms with Crippen LogP contribution >= 0.6 is 0 Å². The number of benzene rings is 3. The fourth-order valence-electron chi connectivity index (χ4n) is 3.84. The van der Waals surface area contributed by atoms with E-state index in [9.17, 15) is 9.59 Å². The predicted molar refractivity (Wildman–Crippen MR) is 128 cm³/mol. The molecule has 4 nitrogen and oxygen atoms in total. The van der Waals surface area contributed by atoms with Crippen molar-refractivity contribution in [1.82, 2.24) is 0 Å². The minimum Gasteiger partial charge on any atom is -0.462 e. The van der Waals surface area contributed by atoms with Gasteiger partial charge in [0.25, 0.3) is 5.91 Å². The zero-order valence-corrected chi connectivity index (χ0v) is 18.5. The van der Waals surface area contributed by atoms with Gasteiger partial charge in [0.15, 0.2) is 0 Å². The Labute approximate surface area is 188 Å². The molecule has 4 rings (SSSR count). The lowest BCUT2D eigenvalue weighted by molar-refractivity contribution is -0.113. The molecular formula is C28H25NO3. The number of nitrogens with zero attached hydrogens (tertiary/aromatic N) is 1. The molecule has 160 valence electrons. The topological polar surface area (TPSA) is 46.6 Å². The van der Waals surface area contributed by atoms with Crippen molar-refractivity contribution >= 4 is 29.3 Å². The highest BCUT2D eigenvalue weighted by atomic mass is 16.5. The summed E-state index contributed by atoms with van der Waals surface area (Å²) in [6.07, 6.45) is 3.78. The SMILES string of the molecule is CCOC(=O)c1ccc(/C=C2/C=C(c3ccccc3)N(c3ccc(C)cc3C)C2=O)cc1. The first-order chi connectivity index (χ1) is 15.5. The smallest absolute Gasteiger partial charge is 0.338 e. The molecule has 4 heteroatoms. The summed E-state index contributed by atoms with van der Waals surface area (Å²) in [5, 5.41) is 0. The van der Waals surface area contributed by atoms with Crippen molar-refractivity contribution in [2.75, 3.05) is 11.5 Å². The molecule has 0 atom stereocenters. The Bertz CT molecular complexity index is 1220. The Balaban J connectivity index is 1.74. The molecule has 0 bridgehead atoms. The lowest BCUT2D eigenvalue weighted by Gasteiger charge is -2.23. The van der Waals surface area contributed by atoms with E-state index >= 15 is 0 Å². The number of amides is 1. The molecule has 32 heavy (non-hydrogen) atoms. The second-order valence-electron chi connectivity index (χ2n) is 7.77. The highest BCUT2D eigenvalue weighted by Crippen LogP contribution is 2.37. The van der Waals surface area contributed by atoms with E-state index in [2.05, 4.69) is 6.07 Å². The summed E-state index contributed by atoms with van der Waals surface area (Å²) in [5.41, 5.74) is 6.81. The molecule has 1 amide bonds. The molecule has 3 aromatic rings. The standard InChI is InChI=1S/C28H25NO3/c1-4-32-28(31)23-13-11-21(12-14-23)17-24-18-26(22-8-6-5-7-9-22)29(27(24)30)25-15-10-19(2)16-20(25)3/h5-18H,4H2,1-3H3/b24-17-. The van der Waals surface area contributed by atoms with E-state index in [-0.39, 0.29) is 11.9 Å². The van der Waals surface area contributed by atoms with Crippen LogP contribution in [-0.4, -0.2) is 18.5 Å². The fourth-order valence-corrected chi connectivity index (χ4v) is 3.84. The second kappa shape index (κ2) is 9.06. The van der Waals surface area contributed by atoms with Gasteiger partial charge >= 0.3 is 5.97 Å². The summed E-state index contributed by atoms with van der Waals surface area (Å²) in [5.74, 6) is -0.429. The van der Waals surface area contributed by atoms with Crippen LogP contribution in [0, 0.1) is 13.8 Å². The van der Waals surface area contributed by atoms with E-state index in [0.29, 0.717) is 17.7 Å². The van der Waals surface area contributed by atoms with E-state index in [4.69, 9.17) is 4.74 Å². The Morgan fingerprint density at radius 3 is 2.34 bits per heavy atom. The highest BCUT2D eigenvalue weighted by molar-refractivity contribution is 6.23. The lowest BCUT2D eigenvalue weighted by Crippen LogP contribution is -2.25. The van der Waals surface area contributed by atoms with Crippen LogP contribution in [0.5, 0.6) is 0 Å². The summed E-state index contributed by atoms with van der Waals surface area (Å²) >= 11 is 0. The zero-order chi connectivity index (χ0) is 22.7. The van der Waals surface area contributed by atoms with Crippen LogP contribution in [0.15, 0.2) is 84.4 Å². The number of carbonyl (C=O) groups excluding carboxylic acids is 2. The zero-order valence-electron chi connectivity index (χ0n) is 18.5. The molecule has 1 heterocycles. The van der Waals surface area contributed by atoms with E-state index < -0.39 is 0 Å². The largest absolute Gasteiger partial charge is 0.462 e. The quantitative estimate of drug-likeness (QED) is 0.376. The van der Waals surface area contributed by atoms with Gasteiger partial charge in [-0.1, -0.05) is 60.2 Å². The van der Waals surface area contributed by atoms with Gasteiger partial charge in [-0.3, -0.25) is 9.69 Å². The van der Waals surface area contributed by atoms with Gasteiger partial charge in [-0.2, -0.15) is 0 Å². The number of aryl methyl sites for hydroxylation is 2. The van der Waals surface area contributed by atoms with Gasteiger partial charge in [0, 0.05) is 5.57 Å². The van der Waals surface area contributed by atoms with Crippen molar-refractivity contribution in [2.24, 2.45) is 0 Å². The third-order valence-electron chi connectivity index (χ3n) is 5.39. The number of ether oxygens (including phenoxy) is 1. The maximum atomic E-state index is 13.5. The van der Waals surface area contributed by atoms with Crippen LogP contribution in [0.3, 0.4) is 0 Å². The molecule has 0 N–H and O–H groups in total.